The van der Waals surface area contributed by atoms with Gasteiger partial charge in [0.25, 0.3) is 0 Å². The highest BCUT2D eigenvalue weighted by molar-refractivity contribution is 14.1. The number of esters is 1. The van der Waals surface area contributed by atoms with E-state index in [2.05, 4.69) is 32.6 Å². The first-order chi connectivity index (χ1) is 9.58. The number of thiophene rings is 1. The summed E-state index contributed by atoms with van der Waals surface area (Å²) in [6, 6.07) is 9.85. The Kier molecular flexibility index (Phi) is 5.68. The van der Waals surface area contributed by atoms with Crippen LogP contribution >= 0.6 is 45.5 Å². The standard InChI is InChI=1S/C14H13ClINO2S/c1-19-14(18)7-10-3-4-11(20-10)8-17-13-5-2-9(16)6-12(13)15/h2-6,17H,7-8H2,1H3. The lowest BCUT2D eigenvalue weighted by Gasteiger charge is -2.07. The van der Waals surface area contributed by atoms with E-state index in [1.54, 1.807) is 11.3 Å². The molecule has 0 aliphatic carbocycles. The van der Waals surface area contributed by atoms with Gasteiger partial charge < -0.3 is 10.1 Å². The molecule has 106 valence electrons. The lowest BCUT2D eigenvalue weighted by molar-refractivity contribution is -0.139. The van der Waals surface area contributed by atoms with Crippen molar-refractivity contribution in [2.24, 2.45) is 0 Å². The van der Waals surface area contributed by atoms with Crippen LogP contribution in [-0.2, 0) is 22.5 Å². The topological polar surface area (TPSA) is 38.3 Å². The van der Waals surface area contributed by atoms with E-state index in [9.17, 15) is 4.79 Å². The number of benzene rings is 1. The predicted molar refractivity (Wildman–Crippen MR) is 91.5 cm³/mol. The second kappa shape index (κ2) is 7.28. The van der Waals surface area contributed by atoms with Crippen LogP contribution < -0.4 is 5.32 Å². The van der Waals surface area contributed by atoms with Gasteiger partial charge in [0.2, 0.25) is 0 Å². The van der Waals surface area contributed by atoms with Crippen molar-refractivity contribution in [3.8, 4) is 0 Å². The highest BCUT2D eigenvalue weighted by Crippen LogP contribution is 2.25. The molecular formula is C14H13ClINO2S. The molecule has 0 saturated carbocycles. The highest BCUT2D eigenvalue weighted by atomic mass is 127. The van der Waals surface area contributed by atoms with Gasteiger partial charge in [-0.15, -0.1) is 11.3 Å². The fourth-order valence-corrected chi connectivity index (χ4v) is 3.51. The first-order valence-corrected chi connectivity index (χ1v) is 8.19. The number of methoxy groups -OCH3 is 1. The van der Waals surface area contributed by atoms with Gasteiger partial charge in [0.1, 0.15) is 0 Å². The smallest absolute Gasteiger partial charge is 0.310 e. The van der Waals surface area contributed by atoms with E-state index in [1.165, 1.54) is 7.11 Å². The number of ether oxygens (including phenoxy) is 1. The van der Waals surface area contributed by atoms with Crippen molar-refractivity contribution in [3.05, 3.63) is 48.7 Å². The Balaban J connectivity index is 1.95. The van der Waals surface area contributed by atoms with E-state index in [0.717, 1.165) is 19.0 Å². The Labute approximate surface area is 140 Å². The molecule has 6 heteroatoms. The quantitative estimate of drug-likeness (QED) is 0.577. The molecule has 0 amide bonds. The van der Waals surface area contributed by atoms with Crippen molar-refractivity contribution < 1.29 is 9.53 Å². The molecule has 3 nitrogen and oxygen atoms in total. The number of halogens is 2. The molecule has 0 fully saturated rings. The summed E-state index contributed by atoms with van der Waals surface area (Å²) in [6.07, 6.45) is 0.325. The average Bonchev–Trinajstić information content (AvgIpc) is 2.85. The van der Waals surface area contributed by atoms with E-state index in [0.29, 0.717) is 18.0 Å². The van der Waals surface area contributed by atoms with Crippen molar-refractivity contribution >= 4 is 57.2 Å². The molecule has 0 unspecified atom stereocenters. The minimum absolute atomic E-state index is 0.216. The molecular weight excluding hydrogens is 409 g/mol. The van der Waals surface area contributed by atoms with Gasteiger partial charge in [0.15, 0.2) is 0 Å². The molecule has 20 heavy (non-hydrogen) atoms. The van der Waals surface area contributed by atoms with Gasteiger partial charge in [-0.3, -0.25) is 4.79 Å². The van der Waals surface area contributed by atoms with E-state index >= 15 is 0 Å². The largest absolute Gasteiger partial charge is 0.469 e. The zero-order valence-electron chi connectivity index (χ0n) is 10.8. The van der Waals surface area contributed by atoms with Gasteiger partial charge in [-0.25, -0.2) is 0 Å². The molecule has 0 radical (unpaired) electrons. The second-order valence-corrected chi connectivity index (χ2v) is 7.00. The molecule has 1 aromatic carbocycles. The number of carbonyl (C=O) groups is 1. The summed E-state index contributed by atoms with van der Waals surface area (Å²) in [5.74, 6) is -0.216. The fourth-order valence-electron chi connectivity index (χ4n) is 1.64. The summed E-state index contributed by atoms with van der Waals surface area (Å²) < 4.78 is 5.76. The van der Waals surface area contributed by atoms with Crippen molar-refractivity contribution in [1.82, 2.24) is 0 Å². The molecule has 0 aliphatic rings. The molecule has 1 N–H and O–H groups in total. The van der Waals surface area contributed by atoms with Gasteiger partial charge in [-0.2, -0.15) is 0 Å². The maximum Gasteiger partial charge on any atom is 0.310 e. The summed E-state index contributed by atoms with van der Waals surface area (Å²) in [4.78, 5) is 13.4. The Hall–Kier alpha value is -0.790. The van der Waals surface area contributed by atoms with Crippen LogP contribution in [0.3, 0.4) is 0 Å². The monoisotopic (exact) mass is 421 g/mol. The van der Waals surface area contributed by atoms with Crippen molar-refractivity contribution in [1.29, 1.82) is 0 Å². The van der Waals surface area contributed by atoms with Crippen molar-refractivity contribution in [3.63, 3.8) is 0 Å². The Morgan fingerprint density at radius 3 is 2.80 bits per heavy atom. The van der Waals surface area contributed by atoms with Crippen LogP contribution in [0.25, 0.3) is 0 Å². The van der Waals surface area contributed by atoms with Gasteiger partial charge in [-0.1, -0.05) is 11.6 Å². The number of nitrogens with one attached hydrogen (secondary N) is 1. The second-order valence-electron chi connectivity index (χ2n) is 4.10. The average molecular weight is 422 g/mol. The summed E-state index contributed by atoms with van der Waals surface area (Å²) in [5.41, 5.74) is 0.912. The van der Waals surface area contributed by atoms with Crippen LogP contribution in [-0.4, -0.2) is 13.1 Å². The number of anilines is 1. The molecule has 0 aliphatic heterocycles. The van der Waals surface area contributed by atoms with Crippen molar-refractivity contribution in [2.45, 2.75) is 13.0 Å². The molecule has 0 atom stereocenters. The lowest BCUT2D eigenvalue weighted by Crippen LogP contribution is -2.02. The van der Waals surface area contributed by atoms with Crippen LogP contribution in [0.15, 0.2) is 30.3 Å². The highest BCUT2D eigenvalue weighted by Gasteiger charge is 2.07. The fraction of sp³-hybridized carbons (Fsp3) is 0.214. The zero-order chi connectivity index (χ0) is 14.5. The molecule has 2 rings (SSSR count). The third-order valence-electron chi connectivity index (χ3n) is 2.65. The molecule has 0 saturated heterocycles. The van der Waals surface area contributed by atoms with Gasteiger partial charge in [0, 0.05) is 19.9 Å². The zero-order valence-corrected chi connectivity index (χ0v) is 14.5. The Bertz CT molecular complexity index is 615. The lowest BCUT2D eigenvalue weighted by atomic mass is 10.3. The van der Waals surface area contributed by atoms with Crippen LogP contribution in [0, 0.1) is 3.57 Å². The number of hydrogen-bond acceptors (Lipinski definition) is 4. The molecule has 2 aromatic rings. The number of rotatable bonds is 5. The van der Waals surface area contributed by atoms with Gasteiger partial charge in [-0.05, 0) is 52.9 Å². The van der Waals surface area contributed by atoms with E-state index in [1.807, 2.05) is 30.3 Å². The summed E-state index contributed by atoms with van der Waals surface area (Å²) in [6.45, 7) is 0.687. The Morgan fingerprint density at radius 2 is 2.10 bits per heavy atom. The SMILES string of the molecule is COC(=O)Cc1ccc(CNc2ccc(I)cc2Cl)s1. The minimum atomic E-state index is -0.216. The molecule has 1 heterocycles. The summed E-state index contributed by atoms with van der Waals surface area (Å²) in [7, 11) is 1.40. The van der Waals surface area contributed by atoms with Crippen LogP contribution in [0.2, 0.25) is 5.02 Å². The first-order valence-electron chi connectivity index (χ1n) is 5.92. The normalized spacial score (nSPS) is 10.3. The molecule has 0 bridgehead atoms. The number of hydrogen-bond donors (Lipinski definition) is 1. The first kappa shape index (κ1) is 15.6. The van der Waals surface area contributed by atoms with Gasteiger partial charge in [0.05, 0.1) is 24.2 Å². The van der Waals surface area contributed by atoms with E-state index in [4.69, 9.17) is 11.6 Å². The van der Waals surface area contributed by atoms with Crippen LogP contribution in [0.4, 0.5) is 5.69 Å². The maximum absolute atomic E-state index is 11.2. The van der Waals surface area contributed by atoms with Crippen molar-refractivity contribution in [2.75, 3.05) is 12.4 Å². The summed E-state index contributed by atoms with van der Waals surface area (Å²) >= 11 is 9.99. The predicted octanol–water partition coefficient (Wildman–Crippen LogP) is 4.33. The molecule has 1 aromatic heterocycles. The third kappa shape index (κ3) is 4.36. The maximum atomic E-state index is 11.2. The molecule has 0 spiro atoms. The third-order valence-corrected chi connectivity index (χ3v) is 4.72. The summed E-state index contributed by atoms with van der Waals surface area (Å²) in [5, 5.41) is 4.01. The minimum Gasteiger partial charge on any atom is -0.469 e. The van der Waals surface area contributed by atoms with E-state index < -0.39 is 0 Å². The van der Waals surface area contributed by atoms with Crippen LogP contribution in [0.1, 0.15) is 9.75 Å². The van der Waals surface area contributed by atoms with Crippen LogP contribution in [0.5, 0.6) is 0 Å². The Morgan fingerprint density at radius 1 is 1.35 bits per heavy atom. The number of carbonyl (C=O) groups excluding carboxylic acids is 1. The van der Waals surface area contributed by atoms with Gasteiger partial charge >= 0.3 is 5.97 Å². The van der Waals surface area contributed by atoms with E-state index in [-0.39, 0.29) is 5.97 Å².